The number of anilines is 3. The Balaban J connectivity index is 2.01. The zero-order valence-electron chi connectivity index (χ0n) is 11.5. The second kappa shape index (κ2) is 6.76. The summed E-state index contributed by atoms with van der Waals surface area (Å²) in [5.41, 5.74) is 0.354. The Kier molecular flexibility index (Phi) is 4.78. The summed E-state index contributed by atoms with van der Waals surface area (Å²) < 4.78 is 13.5. The zero-order valence-corrected chi connectivity index (χ0v) is 11.5. The first-order valence-corrected chi connectivity index (χ1v) is 6.25. The molecule has 2 N–H and O–H groups in total. The van der Waals surface area contributed by atoms with Crippen LogP contribution in [0, 0.1) is 5.82 Å². The van der Waals surface area contributed by atoms with Gasteiger partial charge < -0.3 is 15.5 Å². The Labute approximate surface area is 117 Å². The minimum absolute atomic E-state index is 0.340. The fourth-order valence-electron chi connectivity index (χ4n) is 1.53. The number of nitrogens with zero attached hydrogens (tertiary/aromatic N) is 4. The molecule has 1 heterocycles. The summed E-state index contributed by atoms with van der Waals surface area (Å²) in [6.45, 7) is 1.56. The molecule has 0 aliphatic carbocycles. The van der Waals surface area contributed by atoms with E-state index in [-0.39, 0.29) is 5.82 Å². The van der Waals surface area contributed by atoms with Crippen LogP contribution in [0.25, 0.3) is 0 Å². The van der Waals surface area contributed by atoms with Gasteiger partial charge >= 0.3 is 0 Å². The van der Waals surface area contributed by atoms with Crippen LogP contribution in [0.4, 0.5) is 21.8 Å². The smallest absolute Gasteiger partial charge is 0.244 e. The Morgan fingerprint density at radius 1 is 1.25 bits per heavy atom. The molecule has 1 aromatic heterocycles. The molecule has 0 spiro atoms. The van der Waals surface area contributed by atoms with Gasteiger partial charge in [-0.15, -0.1) is 5.10 Å². The molecule has 0 fully saturated rings. The second-order valence-corrected chi connectivity index (χ2v) is 4.50. The van der Waals surface area contributed by atoms with Gasteiger partial charge in [-0.2, -0.15) is 10.1 Å². The predicted molar refractivity (Wildman–Crippen MR) is 76.6 cm³/mol. The Bertz CT molecular complexity index is 560. The van der Waals surface area contributed by atoms with E-state index in [1.54, 1.807) is 18.2 Å². The summed E-state index contributed by atoms with van der Waals surface area (Å²) in [4.78, 5) is 6.27. The summed E-state index contributed by atoms with van der Waals surface area (Å²) in [5.74, 6) is 0.513. The zero-order chi connectivity index (χ0) is 14.4. The third-order valence-electron chi connectivity index (χ3n) is 2.54. The number of para-hydroxylation sites is 1. The predicted octanol–water partition coefficient (Wildman–Crippen LogP) is 1.73. The lowest BCUT2D eigenvalue weighted by Crippen LogP contribution is -2.21. The summed E-state index contributed by atoms with van der Waals surface area (Å²) in [7, 11) is 3.97. The monoisotopic (exact) mass is 276 g/mol. The molecule has 0 saturated carbocycles. The van der Waals surface area contributed by atoms with Crippen molar-refractivity contribution in [3.8, 4) is 0 Å². The van der Waals surface area contributed by atoms with Crippen LogP contribution in [0.5, 0.6) is 0 Å². The van der Waals surface area contributed by atoms with E-state index in [0.717, 1.165) is 6.54 Å². The van der Waals surface area contributed by atoms with Gasteiger partial charge in [-0.05, 0) is 26.2 Å². The van der Waals surface area contributed by atoms with Gasteiger partial charge in [0.25, 0.3) is 0 Å². The topological polar surface area (TPSA) is 66.0 Å². The lowest BCUT2D eigenvalue weighted by molar-refractivity contribution is 0.425. The lowest BCUT2D eigenvalue weighted by atomic mass is 10.3. The van der Waals surface area contributed by atoms with E-state index in [9.17, 15) is 4.39 Å². The lowest BCUT2D eigenvalue weighted by Gasteiger charge is -2.11. The van der Waals surface area contributed by atoms with Crippen molar-refractivity contribution >= 4 is 17.5 Å². The molecule has 1 aromatic carbocycles. The molecule has 20 heavy (non-hydrogen) atoms. The van der Waals surface area contributed by atoms with E-state index in [0.29, 0.717) is 24.0 Å². The molecule has 7 heteroatoms. The van der Waals surface area contributed by atoms with Crippen molar-refractivity contribution < 1.29 is 4.39 Å². The summed E-state index contributed by atoms with van der Waals surface area (Å²) in [6, 6.07) is 6.40. The van der Waals surface area contributed by atoms with Crippen LogP contribution in [0.3, 0.4) is 0 Å². The molecule has 0 bridgehead atoms. The molecule has 2 rings (SSSR count). The van der Waals surface area contributed by atoms with E-state index in [4.69, 9.17) is 0 Å². The molecule has 2 aromatic rings. The van der Waals surface area contributed by atoms with Gasteiger partial charge in [0.1, 0.15) is 5.82 Å². The number of aromatic nitrogens is 3. The van der Waals surface area contributed by atoms with Gasteiger partial charge in [0.2, 0.25) is 5.95 Å². The van der Waals surface area contributed by atoms with E-state index in [1.807, 2.05) is 19.0 Å². The highest BCUT2D eigenvalue weighted by Gasteiger charge is 2.04. The molecule has 0 radical (unpaired) electrons. The average Bonchev–Trinajstić information content (AvgIpc) is 2.41. The van der Waals surface area contributed by atoms with Crippen LogP contribution in [0.1, 0.15) is 0 Å². The maximum atomic E-state index is 13.5. The van der Waals surface area contributed by atoms with Gasteiger partial charge in [-0.1, -0.05) is 12.1 Å². The van der Waals surface area contributed by atoms with Crippen molar-refractivity contribution in [2.24, 2.45) is 0 Å². The van der Waals surface area contributed by atoms with Gasteiger partial charge in [0.15, 0.2) is 5.82 Å². The first kappa shape index (κ1) is 14.1. The van der Waals surface area contributed by atoms with Gasteiger partial charge in [0.05, 0.1) is 11.9 Å². The third kappa shape index (κ3) is 4.13. The molecule has 0 aliphatic rings. The molecular weight excluding hydrogens is 259 g/mol. The Morgan fingerprint density at radius 3 is 2.80 bits per heavy atom. The number of hydrogen-bond acceptors (Lipinski definition) is 6. The number of benzene rings is 1. The quantitative estimate of drug-likeness (QED) is 0.837. The standard InChI is InChI=1S/C13H17FN6/c1-20(2)8-7-15-13-18-12(9-16-19-13)17-11-6-4-3-5-10(11)14/h3-6,9H,7-8H2,1-2H3,(H2,15,17,18,19). The van der Waals surface area contributed by atoms with Crippen LogP contribution < -0.4 is 10.6 Å². The van der Waals surface area contributed by atoms with Crippen molar-refractivity contribution in [3.63, 3.8) is 0 Å². The van der Waals surface area contributed by atoms with Crippen LogP contribution in [-0.4, -0.2) is 47.3 Å². The molecule has 106 valence electrons. The molecule has 6 nitrogen and oxygen atoms in total. The first-order chi connectivity index (χ1) is 9.65. The molecule has 0 aliphatic heterocycles. The van der Waals surface area contributed by atoms with E-state index >= 15 is 0 Å². The van der Waals surface area contributed by atoms with E-state index < -0.39 is 0 Å². The summed E-state index contributed by atoms with van der Waals surface area (Å²) in [6.07, 6.45) is 1.45. The minimum atomic E-state index is -0.340. The normalized spacial score (nSPS) is 10.6. The van der Waals surface area contributed by atoms with Crippen molar-refractivity contribution in [2.45, 2.75) is 0 Å². The summed E-state index contributed by atoms with van der Waals surface area (Å²) in [5, 5.41) is 13.6. The number of likely N-dealkylation sites (N-methyl/N-ethyl adjacent to an activating group) is 1. The molecule has 0 unspecified atom stereocenters. The van der Waals surface area contributed by atoms with Gasteiger partial charge in [-0.25, -0.2) is 4.39 Å². The number of halogens is 1. The van der Waals surface area contributed by atoms with E-state index in [1.165, 1.54) is 12.3 Å². The maximum absolute atomic E-state index is 13.5. The highest BCUT2D eigenvalue weighted by molar-refractivity contribution is 5.56. The van der Waals surface area contributed by atoms with Gasteiger partial charge in [-0.3, -0.25) is 0 Å². The van der Waals surface area contributed by atoms with Crippen molar-refractivity contribution in [2.75, 3.05) is 37.8 Å². The second-order valence-electron chi connectivity index (χ2n) is 4.50. The van der Waals surface area contributed by atoms with Crippen LogP contribution >= 0.6 is 0 Å². The summed E-state index contributed by atoms with van der Waals surface area (Å²) >= 11 is 0. The Morgan fingerprint density at radius 2 is 2.05 bits per heavy atom. The average molecular weight is 276 g/mol. The minimum Gasteiger partial charge on any atom is -0.352 e. The fourth-order valence-corrected chi connectivity index (χ4v) is 1.53. The molecule has 0 atom stereocenters. The molecular formula is C13H17FN6. The largest absolute Gasteiger partial charge is 0.352 e. The van der Waals surface area contributed by atoms with Crippen molar-refractivity contribution in [1.82, 2.24) is 20.1 Å². The Hall–Kier alpha value is -2.28. The SMILES string of the molecule is CN(C)CCNc1nncc(Nc2ccccc2F)n1. The molecule has 0 amide bonds. The maximum Gasteiger partial charge on any atom is 0.244 e. The first-order valence-electron chi connectivity index (χ1n) is 6.25. The highest BCUT2D eigenvalue weighted by atomic mass is 19.1. The third-order valence-corrected chi connectivity index (χ3v) is 2.54. The fraction of sp³-hybridized carbons (Fsp3) is 0.308. The van der Waals surface area contributed by atoms with Crippen molar-refractivity contribution in [3.05, 3.63) is 36.3 Å². The van der Waals surface area contributed by atoms with E-state index in [2.05, 4.69) is 25.8 Å². The van der Waals surface area contributed by atoms with Crippen LogP contribution in [-0.2, 0) is 0 Å². The number of nitrogens with one attached hydrogen (secondary N) is 2. The molecule has 0 saturated heterocycles. The van der Waals surface area contributed by atoms with Crippen molar-refractivity contribution in [1.29, 1.82) is 0 Å². The highest BCUT2D eigenvalue weighted by Crippen LogP contribution is 2.17. The van der Waals surface area contributed by atoms with Gasteiger partial charge in [0, 0.05) is 13.1 Å². The number of hydrogen-bond donors (Lipinski definition) is 2. The van der Waals surface area contributed by atoms with Crippen LogP contribution in [0.15, 0.2) is 30.5 Å². The number of rotatable bonds is 6. The van der Waals surface area contributed by atoms with Crippen LogP contribution in [0.2, 0.25) is 0 Å².